The molecule has 0 bridgehead atoms. The van der Waals surface area contributed by atoms with Gasteiger partial charge in [-0.15, -0.1) is 0 Å². The van der Waals surface area contributed by atoms with Crippen LogP contribution in [0.1, 0.15) is 30.5 Å². The molecule has 2 nitrogen and oxygen atoms in total. The molecule has 1 N–H and O–H groups in total. The van der Waals surface area contributed by atoms with Crippen LogP contribution in [-0.2, 0) is 0 Å². The lowest BCUT2D eigenvalue weighted by molar-refractivity contribution is 0.414. The van der Waals surface area contributed by atoms with E-state index < -0.39 is 0 Å². The van der Waals surface area contributed by atoms with E-state index in [9.17, 15) is 4.39 Å². The quantitative estimate of drug-likeness (QED) is 0.852. The zero-order valence-electron chi connectivity index (χ0n) is 12.1. The lowest BCUT2D eigenvalue weighted by Crippen LogP contribution is -2.10. The Kier molecular flexibility index (Phi) is 4.61. The number of hydrogen-bond acceptors (Lipinski definition) is 2. The van der Waals surface area contributed by atoms with Crippen LogP contribution >= 0.6 is 0 Å². The first-order chi connectivity index (χ1) is 9.63. The van der Waals surface area contributed by atoms with Crippen molar-refractivity contribution in [2.24, 2.45) is 0 Å². The van der Waals surface area contributed by atoms with Crippen molar-refractivity contribution in [3.8, 4) is 5.75 Å². The predicted octanol–water partition coefficient (Wildman–Crippen LogP) is 4.71. The van der Waals surface area contributed by atoms with E-state index in [-0.39, 0.29) is 11.9 Å². The second-order valence-corrected chi connectivity index (χ2v) is 4.84. The Morgan fingerprint density at radius 1 is 1.15 bits per heavy atom. The normalized spacial score (nSPS) is 12.0. The van der Waals surface area contributed by atoms with E-state index in [4.69, 9.17) is 4.74 Å². The van der Waals surface area contributed by atoms with Crippen LogP contribution in [0.5, 0.6) is 5.75 Å². The Morgan fingerprint density at radius 3 is 2.45 bits per heavy atom. The highest BCUT2D eigenvalue weighted by Crippen LogP contribution is 2.26. The first-order valence-electron chi connectivity index (χ1n) is 6.80. The Hall–Kier alpha value is -2.03. The fourth-order valence-electron chi connectivity index (χ4n) is 2.19. The largest absolute Gasteiger partial charge is 0.497 e. The Labute approximate surface area is 119 Å². The summed E-state index contributed by atoms with van der Waals surface area (Å²) in [5, 5.41) is 3.41. The monoisotopic (exact) mass is 273 g/mol. The summed E-state index contributed by atoms with van der Waals surface area (Å²) in [7, 11) is 1.65. The number of ether oxygens (including phenoxy) is 1. The van der Waals surface area contributed by atoms with Gasteiger partial charge in [0.15, 0.2) is 0 Å². The highest BCUT2D eigenvalue weighted by Gasteiger charge is 2.11. The maximum Gasteiger partial charge on any atom is 0.125 e. The Balaban J connectivity index is 2.21. The van der Waals surface area contributed by atoms with E-state index in [0.29, 0.717) is 0 Å². The molecule has 0 fully saturated rings. The molecule has 2 aromatic rings. The molecule has 106 valence electrons. The van der Waals surface area contributed by atoms with E-state index in [0.717, 1.165) is 29.0 Å². The van der Waals surface area contributed by atoms with Crippen molar-refractivity contribution in [1.82, 2.24) is 0 Å². The van der Waals surface area contributed by atoms with Crippen LogP contribution in [0, 0.1) is 12.7 Å². The van der Waals surface area contributed by atoms with Crippen LogP contribution in [0.4, 0.5) is 10.1 Å². The van der Waals surface area contributed by atoms with Crippen molar-refractivity contribution in [1.29, 1.82) is 0 Å². The molecule has 0 saturated heterocycles. The molecule has 0 saturated carbocycles. The summed E-state index contributed by atoms with van der Waals surface area (Å²) in [6.45, 7) is 4.08. The molecule has 0 amide bonds. The summed E-state index contributed by atoms with van der Waals surface area (Å²) in [4.78, 5) is 0. The fraction of sp³-hybridized carbons (Fsp3) is 0.294. The predicted molar refractivity (Wildman–Crippen MR) is 80.8 cm³/mol. The lowest BCUT2D eigenvalue weighted by Gasteiger charge is -2.20. The van der Waals surface area contributed by atoms with Gasteiger partial charge in [0, 0.05) is 5.69 Å². The molecule has 0 spiro atoms. The molecule has 3 heteroatoms. The highest BCUT2D eigenvalue weighted by molar-refractivity contribution is 5.52. The van der Waals surface area contributed by atoms with Gasteiger partial charge in [-0.25, -0.2) is 4.39 Å². The minimum absolute atomic E-state index is 0.154. The van der Waals surface area contributed by atoms with Gasteiger partial charge in [-0.05, 0) is 48.7 Å². The number of benzene rings is 2. The third kappa shape index (κ3) is 3.29. The first kappa shape index (κ1) is 14.4. The number of methoxy groups -OCH3 is 1. The number of rotatable bonds is 5. The van der Waals surface area contributed by atoms with Gasteiger partial charge < -0.3 is 10.1 Å². The fourth-order valence-corrected chi connectivity index (χ4v) is 2.19. The van der Waals surface area contributed by atoms with E-state index in [1.54, 1.807) is 19.2 Å². The molecular formula is C17H20FNO. The molecular weight excluding hydrogens is 253 g/mol. The molecule has 0 heterocycles. The van der Waals surface area contributed by atoms with E-state index >= 15 is 0 Å². The minimum Gasteiger partial charge on any atom is -0.497 e. The van der Waals surface area contributed by atoms with E-state index in [2.05, 4.69) is 12.2 Å². The van der Waals surface area contributed by atoms with Gasteiger partial charge in [0.2, 0.25) is 0 Å². The van der Waals surface area contributed by atoms with Crippen LogP contribution in [0.2, 0.25) is 0 Å². The summed E-state index contributed by atoms with van der Waals surface area (Å²) in [6, 6.07) is 12.9. The smallest absolute Gasteiger partial charge is 0.125 e. The average Bonchev–Trinajstić information content (AvgIpc) is 2.48. The summed E-state index contributed by atoms with van der Waals surface area (Å²) in [5.41, 5.74) is 3.04. The number of hydrogen-bond donors (Lipinski definition) is 1. The van der Waals surface area contributed by atoms with Crippen LogP contribution < -0.4 is 10.1 Å². The van der Waals surface area contributed by atoms with Gasteiger partial charge in [0.05, 0.1) is 13.2 Å². The maximum atomic E-state index is 13.3. The maximum absolute atomic E-state index is 13.3. The Bertz CT molecular complexity index is 566. The van der Waals surface area contributed by atoms with Gasteiger partial charge in [0.25, 0.3) is 0 Å². The van der Waals surface area contributed by atoms with Crippen molar-refractivity contribution in [3.63, 3.8) is 0 Å². The molecule has 1 unspecified atom stereocenters. The van der Waals surface area contributed by atoms with Gasteiger partial charge in [0.1, 0.15) is 11.6 Å². The standard InChI is InChI=1S/C17H20FNO/c1-4-16(13-6-9-15(20-3)10-7-13)19-17-11-14(18)8-5-12(17)2/h5-11,16,19H,4H2,1-3H3. The molecule has 0 radical (unpaired) electrons. The van der Waals surface area contributed by atoms with Gasteiger partial charge in [-0.3, -0.25) is 0 Å². The lowest BCUT2D eigenvalue weighted by atomic mass is 10.0. The van der Waals surface area contributed by atoms with Crippen molar-refractivity contribution in [3.05, 3.63) is 59.4 Å². The van der Waals surface area contributed by atoms with E-state index in [1.165, 1.54) is 6.07 Å². The van der Waals surface area contributed by atoms with Crippen LogP contribution in [0.15, 0.2) is 42.5 Å². The third-order valence-electron chi connectivity index (χ3n) is 3.46. The van der Waals surface area contributed by atoms with Crippen molar-refractivity contribution < 1.29 is 9.13 Å². The second-order valence-electron chi connectivity index (χ2n) is 4.84. The van der Waals surface area contributed by atoms with Crippen LogP contribution in [0.3, 0.4) is 0 Å². The summed E-state index contributed by atoms with van der Waals surface area (Å²) in [5.74, 6) is 0.619. The second kappa shape index (κ2) is 6.42. The average molecular weight is 273 g/mol. The topological polar surface area (TPSA) is 21.3 Å². The molecule has 0 aliphatic rings. The van der Waals surface area contributed by atoms with Crippen LogP contribution in [-0.4, -0.2) is 7.11 Å². The molecule has 2 rings (SSSR count). The van der Waals surface area contributed by atoms with Crippen molar-refractivity contribution >= 4 is 5.69 Å². The van der Waals surface area contributed by atoms with Gasteiger partial charge in [-0.1, -0.05) is 25.1 Å². The zero-order valence-corrected chi connectivity index (χ0v) is 12.1. The summed E-state index contributed by atoms with van der Waals surface area (Å²) >= 11 is 0. The van der Waals surface area contributed by atoms with Gasteiger partial charge >= 0.3 is 0 Å². The Morgan fingerprint density at radius 2 is 1.85 bits per heavy atom. The third-order valence-corrected chi connectivity index (χ3v) is 3.46. The SMILES string of the molecule is CCC(Nc1cc(F)ccc1C)c1ccc(OC)cc1. The van der Waals surface area contributed by atoms with Crippen molar-refractivity contribution in [2.75, 3.05) is 12.4 Å². The number of anilines is 1. The minimum atomic E-state index is -0.220. The zero-order chi connectivity index (χ0) is 14.5. The molecule has 0 aliphatic heterocycles. The number of aryl methyl sites for hydroxylation is 1. The summed E-state index contributed by atoms with van der Waals surface area (Å²) < 4.78 is 18.5. The molecule has 0 aromatic heterocycles. The van der Waals surface area contributed by atoms with Crippen LogP contribution in [0.25, 0.3) is 0 Å². The van der Waals surface area contributed by atoms with Crippen molar-refractivity contribution in [2.45, 2.75) is 26.3 Å². The molecule has 1 atom stereocenters. The molecule has 20 heavy (non-hydrogen) atoms. The highest BCUT2D eigenvalue weighted by atomic mass is 19.1. The van der Waals surface area contributed by atoms with E-state index in [1.807, 2.05) is 31.2 Å². The molecule has 0 aliphatic carbocycles. The number of nitrogens with one attached hydrogen (secondary N) is 1. The summed E-state index contributed by atoms with van der Waals surface area (Å²) in [6.07, 6.45) is 0.919. The molecule has 2 aromatic carbocycles. The van der Waals surface area contributed by atoms with Gasteiger partial charge in [-0.2, -0.15) is 0 Å². The number of halogens is 1. The first-order valence-corrected chi connectivity index (χ1v) is 6.80.